The fraction of sp³-hybridized carbons (Fsp3) is 0.625. The molecule has 3 aliphatic rings. The zero-order valence-electron chi connectivity index (χ0n) is 30.2. The third-order valence-electron chi connectivity index (χ3n) is 11.3. The quantitative estimate of drug-likeness (QED) is 0.147. The Kier molecular flexibility index (Phi) is 10.7. The first-order valence-electron chi connectivity index (χ1n) is 17.9. The molecule has 0 aliphatic carbocycles. The molecule has 0 N–H and O–H groups in total. The molecule has 8 atom stereocenters. The van der Waals surface area contributed by atoms with Gasteiger partial charge in [-0.15, -0.1) is 0 Å². The highest BCUT2D eigenvalue weighted by Crippen LogP contribution is 2.54. The predicted octanol–water partition coefficient (Wildman–Crippen LogP) is 7.79. The Hall–Kier alpha value is -2.29. The number of hydrogen-bond acceptors (Lipinski definition) is 6. The highest BCUT2D eigenvalue weighted by atomic mass is 28.4. The highest BCUT2D eigenvalue weighted by Gasteiger charge is 2.61. The normalized spacial score (nSPS) is 33.3. The van der Waals surface area contributed by atoms with Crippen LogP contribution >= 0.6 is 0 Å². The predicted molar refractivity (Wildman–Crippen MR) is 190 cm³/mol. The lowest BCUT2D eigenvalue weighted by Gasteiger charge is -2.54. The van der Waals surface area contributed by atoms with Gasteiger partial charge in [0.2, 0.25) is 0 Å². The maximum absolute atomic E-state index is 11.7. The molecule has 2 aromatic carbocycles. The molecule has 6 nitrogen and oxygen atoms in total. The lowest BCUT2D eigenvalue weighted by Crippen LogP contribution is -2.67. The van der Waals surface area contributed by atoms with Crippen molar-refractivity contribution in [1.29, 1.82) is 0 Å². The molecular weight excluding hydrogens is 605 g/mol. The SMILES string of the molecule is CC[C@@H](CO[Si](c1ccccc1)(c1ccccc1)C(C)(C)C)[C@H]1O[C@@]2(C=CC[C@]3(O[C@](CC)(COC(C)=O)C[C@H]3C)O2)[C@H](C)C[C@@H]1C. The minimum absolute atomic E-state index is 0.0529. The summed E-state index contributed by atoms with van der Waals surface area (Å²) in [6, 6.07) is 21.7. The molecule has 258 valence electrons. The summed E-state index contributed by atoms with van der Waals surface area (Å²) in [6.07, 6.45) is 8.33. The monoisotopic (exact) mass is 662 g/mol. The van der Waals surface area contributed by atoms with Crippen molar-refractivity contribution in [2.24, 2.45) is 23.7 Å². The minimum Gasteiger partial charge on any atom is -0.463 e. The molecule has 0 amide bonds. The standard InChI is InChI=1S/C40H58O6Si/c1-10-33(27-43-47(37(7,8)9,34-19-14-12-15-20-34)35-21-16-13-17-22-35)36-29(3)25-30(4)39(44-36)23-18-24-40(46-39)31(5)26-38(11-2,45-40)28-42-32(6)41/h12-23,29-31,33,36H,10-11,24-28H2,1-9H3/t29-,30+,31+,33-,36-,38-,39+,40-/m0/s1. The van der Waals surface area contributed by atoms with E-state index < -0.39 is 25.5 Å². The molecule has 3 aliphatic heterocycles. The third kappa shape index (κ3) is 6.80. The number of ether oxygens (including phenoxy) is 4. The smallest absolute Gasteiger partial charge is 0.302 e. The van der Waals surface area contributed by atoms with Gasteiger partial charge in [0, 0.05) is 37.7 Å². The molecule has 2 saturated heterocycles. The summed E-state index contributed by atoms with van der Waals surface area (Å²) in [5.41, 5.74) is -0.572. The molecule has 0 aromatic heterocycles. The molecule has 7 heteroatoms. The van der Waals surface area contributed by atoms with Crippen LogP contribution < -0.4 is 10.4 Å². The first-order valence-corrected chi connectivity index (χ1v) is 19.8. The van der Waals surface area contributed by atoms with Crippen LogP contribution in [0.2, 0.25) is 5.04 Å². The summed E-state index contributed by atoms with van der Waals surface area (Å²) in [4.78, 5) is 11.7. The van der Waals surface area contributed by atoms with E-state index in [1.54, 1.807) is 0 Å². The topological polar surface area (TPSA) is 63.2 Å². The second kappa shape index (κ2) is 13.9. The van der Waals surface area contributed by atoms with Gasteiger partial charge in [-0.1, -0.05) is 122 Å². The van der Waals surface area contributed by atoms with E-state index in [2.05, 4.69) is 128 Å². The summed E-state index contributed by atoms with van der Waals surface area (Å²) in [6.45, 7) is 20.4. The number of carbonyl (C=O) groups excluding carboxylic acids is 1. The Bertz CT molecular complexity index is 1330. The van der Waals surface area contributed by atoms with Gasteiger partial charge in [0.15, 0.2) is 11.6 Å². The van der Waals surface area contributed by atoms with Gasteiger partial charge in [-0.3, -0.25) is 4.79 Å². The Morgan fingerprint density at radius 3 is 2.11 bits per heavy atom. The summed E-state index contributed by atoms with van der Waals surface area (Å²) >= 11 is 0. The van der Waals surface area contributed by atoms with Crippen LogP contribution in [-0.4, -0.2) is 50.8 Å². The second-order valence-electron chi connectivity index (χ2n) is 15.6. The fourth-order valence-electron chi connectivity index (χ4n) is 8.59. The minimum atomic E-state index is -2.70. The Morgan fingerprint density at radius 2 is 1.57 bits per heavy atom. The zero-order chi connectivity index (χ0) is 34.1. The van der Waals surface area contributed by atoms with Crippen LogP contribution in [-0.2, 0) is 28.2 Å². The van der Waals surface area contributed by atoms with Gasteiger partial charge in [0.05, 0.1) is 6.10 Å². The van der Waals surface area contributed by atoms with Crippen LogP contribution in [0, 0.1) is 23.7 Å². The number of hydrogen-bond donors (Lipinski definition) is 0. The molecule has 47 heavy (non-hydrogen) atoms. The van der Waals surface area contributed by atoms with E-state index in [1.807, 2.05) is 0 Å². The van der Waals surface area contributed by atoms with Gasteiger partial charge in [-0.25, -0.2) is 0 Å². The zero-order valence-corrected chi connectivity index (χ0v) is 31.2. The third-order valence-corrected chi connectivity index (χ3v) is 16.3. The van der Waals surface area contributed by atoms with Crippen LogP contribution in [0.25, 0.3) is 0 Å². The van der Waals surface area contributed by atoms with Crippen LogP contribution in [0.4, 0.5) is 0 Å². The molecule has 2 spiro atoms. The summed E-state index contributed by atoms with van der Waals surface area (Å²) < 4.78 is 34.3. The van der Waals surface area contributed by atoms with E-state index in [1.165, 1.54) is 17.3 Å². The fourth-order valence-corrected chi connectivity index (χ4v) is 13.2. The van der Waals surface area contributed by atoms with Gasteiger partial charge >= 0.3 is 5.97 Å². The number of rotatable bonds is 10. The van der Waals surface area contributed by atoms with Crippen LogP contribution in [0.15, 0.2) is 72.8 Å². The first-order chi connectivity index (χ1) is 22.3. The van der Waals surface area contributed by atoms with Gasteiger partial charge in [-0.05, 0) is 53.1 Å². The van der Waals surface area contributed by atoms with Gasteiger partial charge in [0.25, 0.3) is 8.32 Å². The average molecular weight is 663 g/mol. The van der Waals surface area contributed by atoms with E-state index in [0.717, 1.165) is 25.7 Å². The van der Waals surface area contributed by atoms with Gasteiger partial charge in [-0.2, -0.15) is 0 Å². The lowest BCUT2D eigenvalue weighted by molar-refractivity contribution is -0.398. The number of carbonyl (C=O) groups is 1. The van der Waals surface area contributed by atoms with E-state index in [-0.39, 0.29) is 41.5 Å². The summed E-state index contributed by atoms with van der Waals surface area (Å²) in [5.74, 6) is -1.28. The molecule has 0 unspecified atom stereocenters. The summed E-state index contributed by atoms with van der Waals surface area (Å²) in [7, 11) is -2.70. The first kappa shape index (κ1) is 36.0. The highest BCUT2D eigenvalue weighted by molar-refractivity contribution is 6.99. The van der Waals surface area contributed by atoms with E-state index in [0.29, 0.717) is 18.9 Å². The van der Waals surface area contributed by atoms with Crippen molar-refractivity contribution in [3.05, 3.63) is 72.8 Å². The molecule has 0 bridgehead atoms. The molecule has 0 saturated carbocycles. The Morgan fingerprint density at radius 1 is 0.957 bits per heavy atom. The molecule has 0 radical (unpaired) electrons. The van der Waals surface area contributed by atoms with Crippen LogP contribution in [0.1, 0.15) is 94.4 Å². The maximum Gasteiger partial charge on any atom is 0.302 e. The molecule has 2 fully saturated rings. The van der Waals surface area contributed by atoms with E-state index in [4.69, 9.17) is 23.4 Å². The second-order valence-corrected chi connectivity index (χ2v) is 19.9. The van der Waals surface area contributed by atoms with Crippen molar-refractivity contribution in [3.8, 4) is 0 Å². The van der Waals surface area contributed by atoms with Crippen molar-refractivity contribution in [2.75, 3.05) is 13.2 Å². The van der Waals surface area contributed by atoms with Crippen molar-refractivity contribution in [2.45, 2.75) is 123 Å². The van der Waals surface area contributed by atoms with Crippen LogP contribution in [0.5, 0.6) is 0 Å². The maximum atomic E-state index is 11.7. The number of esters is 1. The Labute approximate surface area is 284 Å². The summed E-state index contributed by atoms with van der Waals surface area (Å²) in [5, 5.41) is 2.48. The molecule has 3 heterocycles. The van der Waals surface area contributed by atoms with Crippen molar-refractivity contribution in [1.82, 2.24) is 0 Å². The lowest BCUT2D eigenvalue weighted by atomic mass is 9.77. The van der Waals surface area contributed by atoms with Gasteiger partial charge in [0.1, 0.15) is 12.2 Å². The van der Waals surface area contributed by atoms with E-state index in [9.17, 15) is 4.79 Å². The van der Waals surface area contributed by atoms with E-state index >= 15 is 0 Å². The van der Waals surface area contributed by atoms with Crippen molar-refractivity contribution < 1.29 is 28.2 Å². The average Bonchev–Trinajstić information content (AvgIpc) is 3.31. The number of benzene rings is 2. The molecule has 5 rings (SSSR count). The van der Waals surface area contributed by atoms with Gasteiger partial charge < -0.3 is 23.4 Å². The van der Waals surface area contributed by atoms with Crippen LogP contribution in [0.3, 0.4) is 0 Å². The molecular formula is C40H58O6Si. The van der Waals surface area contributed by atoms with Crippen molar-refractivity contribution >= 4 is 24.7 Å². The largest absolute Gasteiger partial charge is 0.463 e. The van der Waals surface area contributed by atoms with Crippen molar-refractivity contribution in [3.63, 3.8) is 0 Å². The Balaban J connectivity index is 1.43. The molecule has 2 aromatic rings.